The van der Waals surface area contributed by atoms with Crippen LogP contribution in [0.4, 0.5) is 0 Å². The van der Waals surface area contributed by atoms with Crippen LogP contribution in [0.5, 0.6) is 0 Å². The molecule has 17 heavy (non-hydrogen) atoms. The second-order valence-corrected chi connectivity index (χ2v) is 4.49. The van der Waals surface area contributed by atoms with Crippen molar-refractivity contribution in [2.75, 3.05) is 0 Å². The Morgan fingerprint density at radius 1 is 1.24 bits per heavy atom. The Bertz CT molecular complexity index is 488. The molecule has 2 rings (SSSR count). The van der Waals surface area contributed by atoms with Gasteiger partial charge in [-0.15, -0.1) is 5.10 Å². The molecule has 0 amide bonds. The minimum Gasteiger partial charge on any atom is -0.203 e. The lowest BCUT2D eigenvalue weighted by molar-refractivity contribution is 0.741. The van der Waals surface area contributed by atoms with Crippen molar-refractivity contribution in [3.05, 3.63) is 40.9 Å². The van der Waals surface area contributed by atoms with Crippen molar-refractivity contribution in [2.24, 2.45) is 0 Å². The molecule has 0 spiro atoms. The molecule has 0 aliphatic carbocycles. The maximum atomic E-state index is 6.09. The standard InChI is InChI=1S/C13H16ClN3/c1-3-4-5-12-15-13(14)17(16-12)11-8-6-10(2)7-9-11/h6-9H,3-5H2,1-2H3. The van der Waals surface area contributed by atoms with Crippen LogP contribution in [0.3, 0.4) is 0 Å². The maximum absolute atomic E-state index is 6.09. The van der Waals surface area contributed by atoms with E-state index in [2.05, 4.69) is 23.9 Å². The first-order chi connectivity index (χ1) is 8.20. The number of benzene rings is 1. The summed E-state index contributed by atoms with van der Waals surface area (Å²) >= 11 is 6.09. The second kappa shape index (κ2) is 5.32. The number of aryl methyl sites for hydroxylation is 2. The quantitative estimate of drug-likeness (QED) is 0.829. The van der Waals surface area contributed by atoms with Gasteiger partial charge in [0.1, 0.15) is 0 Å². The lowest BCUT2D eigenvalue weighted by Gasteiger charge is -2.01. The summed E-state index contributed by atoms with van der Waals surface area (Å²) in [6.07, 6.45) is 3.11. The van der Waals surface area contributed by atoms with Gasteiger partial charge in [0.15, 0.2) is 5.82 Å². The van der Waals surface area contributed by atoms with Crippen LogP contribution < -0.4 is 0 Å². The van der Waals surface area contributed by atoms with E-state index in [1.807, 2.05) is 24.3 Å². The summed E-state index contributed by atoms with van der Waals surface area (Å²) in [4.78, 5) is 4.26. The van der Waals surface area contributed by atoms with Crippen molar-refractivity contribution in [1.29, 1.82) is 0 Å². The van der Waals surface area contributed by atoms with Gasteiger partial charge in [-0.05, 0) is 37.1 Å². The Balaban J connectivity index is 2.26. The predicted molar refractivity (Wildman–Crippen MR) is 69.7 cm³/mol. The van der Waals surface area contributed by atoms with E-state index >= 15 is 0 Å². The molecule has 0 saturated heterocycles. The molecule has 90 valence electrons. The lowest BCUT2D eigenvalue weighted by Crippen LogP contribution is -1.97. The van der Waals surface area contributed by atoms with Gasteiger partial charge < -0.3 is 0 Å². The first kappa shape index (κ1) is 12.1. The van der Waals surface area contributed by atoms with Gasteiger partial charge in [0, 0.05) is 6.42 Å². The van der Waals surface area contributed by atoms with Gasteiger partial charge in [0.25, 0.3) is 0 Å². The van der Waals surface area contributed by atoms with E-state index in [0.29, 0.717) is 5.28 Å². The topological polar surface area (TPSA) is 30.7 Å². The highest BCUT2D eigenvalue weighted by atomic mass is 35.5. The maximum Gasteiger partial charge on any atom is 0.225 e. The number of rotatable bonds is 4. The van der Waals surface area contributed by atoms with E-state index in [9.17, 15) is 0 Å². The van der Waals surface area contributed by atoms with E-state index in [1.165, 1.54) is 5.56 Å². The van der Waals surface area contributed by atoms with Crippen LogP contribution in [-0.2, 0) is 6.42 Å². The average molecular weight is 250 g/mol. The van der Waals surface area contributed by atoms with Crippen LogP contribution in [-0.4, -0.2) is 14.8 Å². The van der Waals surface area contributed by atoms with E-state index in [0.717, 1.165) is 30.8 Å². The minimum atomic E-state index is 0.431. The molecule has 0 saturated carbocycles. The third-order valence-corrected chi connectivity index (χ3v) is 2.89. The zero-order valence-corrected chi connectivity index (χ0v) is 10.9. The smallest absolute Gasteiger partial charge is 0.203 e. The molecule has 0 radical (unpaired) electrons. The van der Waals surface area contributed by atoms with Crippen molar-refractivity contribution in [2.45, 2.75) is 33.1 Å². The number of halogens is 1. The highest BCUT2D eigenvalue weighted by molar-refractivity contribution is 6.28. The summed E-state index contributed by atoms with van der Waals surface area (Å²) in [6.45, 7) is 4.21. The summed E-state index contributed by atoms with van der Waals surface area (Å²) in [6, 6.07) is 8.08. The lowest BCUT2D eigenvalue weighted by atomic mass is 10.2. The van der Waals surface area contributed by atoms with E-state index in [4.69, 9.17) is 11.6 Å². The van der Waals surface area contributed by atoms with Gasteiger partial charge >= 0.3 is 0 Å². The van der Waals surface area contributed by atoms with Crippen molar-refractivity contribution in [3.8, 4) is 5.69 Å². The first-order valence-electron chi connectivity index (χ1n) is 5.89. The van der Waals surface area contributed by atoms with Crippen LogP contribution in [0, 0.1) is 6.92 Å². The van der Waals surface area contributed by atoms with Crippen LogP contribution in [0.25, 0.3) is 5.69 Å². The number of hydrogen-bond acceptors (Lipinski definition) is 2. The number of nitrogens with zero attached hydrogens (tertiary/aromatic N) is 3. The van der Waals surface area contributed by atoms with Gasteiger partial charge in [-0.2, -0.15) is 0 Å². The molecule has 1 heterocycles. The highest BCUT2D eigenvalue weighted by Gasteiger charge is 2.08. The zero-order valence-electron chi connectivity index (χ0n) is 10.2. The molecule has 0 fully saturated rings. The molecule has 0 unspecified atom stereocenters. The molecule has 0 aliphatic rings. The van der Waals surface area contributed by atoms with Gasteiger partial charge in [-0.25, -0.2) is 9.67 Å². The Morgan fingerprint density at radius 2 is 1.94 bits per heavy atom. The Morgan fingerprint density at radius 3 is 2.59 bits per heavy atom. The second-order valence-electron chi connectivity index (χ2n) is 4.15. The molecule has 2 aromatic rings. The first-order valence-corrected chi connectivity index (χ1v) is 6.27. The number of unbranched alkanes of at least 4 members (excludes halogenated alkanes) is 1. The molecule has 1 aromatic heterocycles. The third kappa shape index (κ3) is 2.86. The number of hydrogen-bond donors (Lipinski definition) is 0. The van der Waals surface area contributed by atoms with Gasteiger partial charge in [0.05, 0.1) is 5.69 Å². The van der Waals surface area contributed by atoms with Crippen molar-refractivity contribution in [3.63, 3.8) is 0 Å². The molecule has 1 aromatic carbocycles. The van der Waals surface area contributed by atoms with Crippen LogP contribution in [0.15, 0.2) is 24.3 Å². The van der Waals surface area contributed by atoms with Crippen LogP contribution in [0.2, 0.25) is 5.28 Å². The predicted octanol–water partition coefficient (Wildman–Crippen LogP) is 3.57. The van der Waals surface area contributed by atoms with Gasteiger partial charge in [-0.1, -0.05) is 31.0 Å². The fourth-order valence-corrected chi connectivity index (χ4v) is 1.86. The largest absolute Gasteiger partial charge is 0.225 e. The Labute approximate surface area is 106 Å². The summed E-state index contributed by atoms with van der Waals surface area (Å²) < 4.78 is 1.69. The van der Waals surface area contributed by atoms with E-state index in [1.54, 1.807) is 4.68 Å². The molecule has 0 atom stereocenters. The molecule has 4 heteroatoms. The SMILES string of the molecule is CCCCc1nc(Cl)n(-c2ccc(C)cc2)n1. The molecular weight excluding hydrogens is 234 g/mol. The van der Waals surface area contributed by atoms with E-state index in [-0.39, 0.29) is 0 Å². The highest BCUT2D eigenvalue weighted by Crippen LogP contribution is 2.15. The van der Waals surface area contributed by atoms with Gasteiger partial charge in [0.2, 0.25) is 5.28 Å². The fraction of sp³-hybridized carbons (Fsp3) is 0.385. The summed E-state index contributed by atoms with van der Waals surface area (Å²) in [5.41, 5.74) is 2.17. The number of aromatic nitrogens is 3. The molecule has 0 bridgehead atoms. The third-order valence-electron chi connectivity index (χ3n) is 2.64. The van der Waals surface area contributed by atoms with E-state index < -0.39 is 0 Å². The molecule has 0 aliphatic heterocycles. The Hall–Kier alpha value is -1.35. The molecule has 0 N–H and O–H groups in total. The van der Waals surface area contributed by atoms with Gasteiger partial charge in [-0.3, -0.25) is 0 Å². The van der Waals surface area contributed by atoms with Crippen LogP contribution in [0.1, 0.15) is 31.2 Å². The monoisotopic (exact) mass is 249 g/mol. The summed E-state index contributed by atoms with van der Waals surface area (Å²) in [7, 11) is 0. The normalized spacial score (nSPS) is 10.8. The fourth-order valence-electron chi connectivity index (χ4n) is 1.62. The molecular formula is C13H16ClN3. The van der Waals surface area contributed by atoms with Crippen molar-refractivity contribution >= 4 is 11.6 Å². The Kier molecular flexibility index (Phi) is 3.79. The van der Waals surface area contributed by atoms with Crippen molar-refractivity contribution < 1.29 is 0 Å². The zero-order chi connectivity index (χ0) is 12.3. The molecule has 3 nitrogen and oxygen atoms in total. The average Bonchev–Trinajstić information content (AvgIpc) is 2.69. The van der Waals surface area contributed by atoms with Crippen molar-refractivity contribution in [1.82, 2.24) is 14.8 Å². The summed E-state index contributed by atoms with van der Waals surface area (Å²) in [5, 5.41) is 4.85. The minimum absolute atomic E-state index is 0.431. The summed E-state index contributed by atoms with van der Waals surface area (Å²) in [5.74, 6) is 0.817. The van der Waals surface area contributed by atoms with Crippen LogP contribution >= 0.6 is 11.6 Å².